The summed E-state index contributed by atoms with van der Waals surface area (Å²) < 4.78 is 27.3. The highest BCUT2D eigenvalue weighted by Gasteiger charge is 2.47. The number of carbonyl (C=O) groups excluding carboxylic acids is 1. The Balaban J connectivity index is 1.91. The number of hydrogen-bond acceptors (Lipinski definition) is 4. The van der Waals surface area contributed by atoms with Crippen molar-refractivity contribution >= 4 is 21.4 Å². The van der Waals surface area contributed by atoms with E-state index in [9.17, 15) is 18.3 Å². The Kier molecular flexibility index (Phi) is 5.65. The van der Waals surface area contributed by atoms with Gasteiger partial charge in [-0.2, -0.15) is 0 Å². The van der Waals surface area contributed by atoms with Crippen LogP contribution in [0.4, 0.5) is 5.69 Å². The summed E-state index contributed by atoms with van der Waals surface area (Å²) in [6, 6.07) is 20.1. The Bertz CT molecular complexity index is 1290. The number of aliphatic hydroxyl groups excluding tert-OH is 1. The maximum absolute atomic E-state index is 13.6. The summed E-state index contributed by atoms with van der Waals surface area (Å²) in [5.74, 6) is -1.47. The van der Waals surface area contributed by atoms with Gasteiger partial charge in [-0.05, 0) is 55.7 Å². The monoisotopic (exact) mass is 447 g/mol. The lowest BCUT2D eigenvalue weighted by Gasteiger charge is -2.27. The molecule has 0 saturated heterocycles. The minimum atomic E-state index is -4.13. The van der Waals surface area contributed by atoms with Crippen LogP contribution in [0.3, 0.4) is 0 Å². The van der Waals surface area contributed by atoms with Crippen molar-refractivity contribution in [3.63, 3.8) is 0 Å². The second kappa shape index (κ2) is 8.28. The van der Waals surface area contributed by atoms with Crippen LogP contribution >= 0.6 is 0 Å². The molecule has 4 rings (SSSR count). The molecule has 1 N–H and O–H groups in total. The Hall–Kier alpha value is -3.38. The van der Waals surface area contributed by atoms with Crippen molar-refractivity contribution in [3.05, 3.63) is 106 Å². The molecule has 0 aromatic heterocycles. The fourth-order valence-corrected chi connectivity index (χ4v) is 5.54. The summed E-state index contributed by atoms with van der Waals surface area (Å²) in [4.78, 5) is 14.3. The number of carbonyl (C=O) groups is 1. The highest BCUT2D eigenvalue weighted by molar-refractivity contribution is 7.95. The van der Waals surface area contributed by atoms with Crippen molar-refractivity contribution in [2.24, 2.45) is 0 Å². The van der Waals surface area contributed by atoms with Crippen molar-refractivity contribution in [1.82, 2.24) is 0 Å². The van der Waals surface area contributed by atoms with E-state index in [1.54, 1.807) is 36.4 Å². The van der Waals surface area contributed by atoms with Gasteiger partial charge in [0.25, 0.3) is 5.91 Å². The van der Waals surface area contributed by atoms with E-state index in [4.69, 9.17) is 0 Å². The molecular formula is C26H25NO4S. The zero-order chi connectivity index (χ0) is 23.0. The summed E-state index contributed by atoms with van der Waals surface area (Å²) >= 11 is 0. The minimum absolute atomic E-state index is 0.0396. The molecule has 3 aromatic carbocycles. The van der Waals surface area contributed by atoms with Crippen LogP contribution in [-0.4, -0.2) is 19.4 Å². The highest BCUT2D eigenvalue weighted by atomic mass is 32.2. The van der Waals surface area contributed by atoms with Crippen LogP contribution < -0.4 is 4.90 Å². The SMILES string of the molecule is CCc1ccc(N2C(=O)C(O)=C(S(=O)(=O)c3ccc(C)cc3)[C@@H]2c2ccc(C)cc2)cc1. The number of sulfone groups is 1. The van der Waals surface area contributed by atoms with Gasteiger partial charge < -0.3 is 5.11 Å². The van der Waals surface area contributed by atoms with Gasteiger partial charge in [0.1, 0.15) is 10.9 Å². The number of rotatable bonds is 5. The number of nitrogens with zero attached hydrogens (tertiary/aromatic N) is 1. The van der Waals surface area contributed by atoms with Crippen molar-refractivity contribution in [2.75, 3.05) is 4.90 Å². The van der Waals surface area contributed by atoms with Crippen molar-refractivity contribution < 1.29 is 18.3 Å². The van der Waals surface area contributed by atoms with Crippen LogP contribution in [0.1, 0.15) is 35.2 Å². The molecule has 1 aliphatic rings. The Morgan fingerprint density at radius 1 is 0.844 bits per heavy atom. The van der Waals surface area contributed by atoms with Gasteiger partial charge in [0.15, 0.2) is 5.76 Å². The van der Waals surface area contributed by atoms with Crippen LogP contribution in [0.5, 0.6) is 0 Å². The van der Waals surface area contributed by atoms with Gasteiger partial charge in [0, 0.05) is 5.69 Å². The number of anilines is 1. The first-order chi connectivity index (χ1) is 15.2. The van der Waals surface area contributed by atoms with Gasteiger partial charge in [-0.15, -0.1) is 0 Å². The lowest BCUT2D eigenvalue weighted by atomic mass is 10.0. The van der Waals surface area contributed by atoms with Gasteiger partial charge in [-0.1, -0.05) is 66.6 Å². The molecule has 5 nitrogen and oxygen atoms in total. The predicted molar refractivity (Wildman–Crippen MR) is 125 cm³/mol. The molecule has 0 saturated carbocycles. The van der Waals surface area contributed by atoms with Gasteiger partial charge >= 0.3 is 0 Å². The predicted octanol–water partition coefficient (Wildman–Crippen LogP) is 5.20. The summed E-state index contributed by atoms with van der Waals surface area (Å²) in [7, 11) is -4.13. The number of hydrogen-bond donors (Lipinski definition) is 1. The minimum Gasteiger partial charge on any atom is -0.502 e. The van der Waals surface area contributed by atoms with Crippen LogP contribution in [0.15, 0.2) is 88.4 Å². The Morgan fingerprint density at radius 2 is 1.38 bits per heavy atom. The molecule has 0 radical (unpaired) electrons. The van der Waals surface area contributed by atoms with Crippen LogP contribution in [0.25, 0.3) is 0 Å². The lowest BCUT2D eigenvalue weighted by Crippen LogP contribution is -2.31. The third-order valence-electron chi connectivity index (χ3n) is 5.80. The number of benzene rings is 3. The van der Waals surface area contributed by atoms with Gasteiger partial charge in [0.05, 0.1) is 4.90 Å². The molecule has 0 unspecified atom stereocenters. The van der Waals surface area contributed by atoms with Crippen LogP contribution in [0.2, 0.25) is 0 Å². The van der Waals surface area contributed by atoms with E-state index in [1.165, 1.54) is 17.0 Å². The van der Waals surface area contributed by atoms with E-state index in [1.807, 2.05) is 45.0 Å². The molecule has 3 aromatic rings. The van der Waals surface area contributed by atoms with E-state index in [0.717, 1.165) is 23.1 Å². The molecular weight excluding hydrogens is 422 g/mol. The zero-order valence-corrected chi connectivity index (χ0v) is 19.1. The first kappa shape index (κ1) is 21.8. The van der Waals surface area contributed by atoms with E-state index >= 15 is 0 Å². The first-order valence-electron chi connectivity index (χ1n) is 10.5. The van der Waals surface area contributed by atoms with Crippen molar-refractivity contribution in [3.8, 4) is 0 Å². The maximum atomic E-state index is 13.6. The standard InChI is InChI=1S/C26H25NO4S/c1-4-19-9-13-21(14-10-19)27-23(20-11-5-17(2)6-12-20)25(24(28)26(27)29)32(30,31)22-15-7-18(3)8-16-22/h5-16,23,28H,4H2,1-3H3/t23-/m0/s1. The van der Waals surface area contributed by atoms with Crippen molar-refractivity contribution in [2.45, 2.75) is 38.1 Å². The van der Waals surface area contributed by atoms with E-state index in [0.29, 0.717) is 11.3 Å². The fraction of sp³-hybridized carbons (Fsp3) is 0.192. The van der Waals surface area contributed by atoms with Crippen LogP contribution in [-0.2, 0) is 21.1 Å². The van der Waals surface area contributed by atoms with E-state index in [-0.39, 0.29) is 9.80 Å². The second-order valence-electron chi connectivity index (χ2n) is 8.04. The number of amides is 1. The molecule has 164 valence electrons. The van der Waals surface area contributed by atoms with Gasteiger partial charge in [-0.25, -0.2) is 8.42 Å². The molecule has 0 bridgehead atoms. The van der Waals surface area contributed by atoms with Gasteiger partial charge in [0.2, 0.25) is 9.84 Å². The normalized spacial score (nSPS) is 16.7. The summed E-state index contributed by atoms with van der Waals surface area (Å²) in [5, 5.41) is 10.8. The maximum Gasteiger partial charge on any atom is 0.295 e. The molecule has 6 heteroatoms. The molecule has 0 spiro atoms. The molecule has 0 aliphatic carbocycles. The average Bonchev–Trinajstić information content (AvgIpc) is 3.06. The topological polar surface area (TPSA) is 74.7 Å². The lowest BCUT2D eigenvalue weighted by molar-refractivity contribution is -0.117. The summed E-state index contributed by atoms with van der Waals surface area (Å²) in [5.41, 5.74) is 4.15. The summed E-state index contributed by atoms with van der Waals surface area (Å²) in [6.07, 6.45) is 0.839. The third-order valence-corrected chi connectivity index (χ3v) is 7.69. The van der Waals surface area contributed by atoms with Gasteiger partial charge in [-0.3, -0.25) is 9.69 Å². The third kappa shape index (κ3) is 3.71. The number of aryl methyl sites for hydroxylation is 3. The molecule has 1 atom stereocenters. The smallest absolute Gasteiger partial charge is 0.295 e. The molecule has 32 heavy (non-hydrogen) atoms. The van der Waals surface area contributed by atoms with E-state index < -0.39 is 27.5 Å². The molecule has 1 aliphatic heterocycles. The quantitative estimate of drug-likeness (QED) is 0.584. The zero-order valence-electron chi connectivity index (χ0n) is 18.2. The Morgan fingerprint density at radius 3 is 1.91 bits per heavy atom. The summed E-state index contributed by atoms with van der Waals surface area (Å²) in [6.45, 7) is 5.83. The van der Waals surface area contributed by atoms with E-state index in [2.05, 4.69) is 0 Å². The molecule has 0 fully saturated rings. The van der Waals surface area contributed by atoms with Crippen molar-refractivity contribution in [1.29, 1.82) is 0 Å². The second-order valence-corrected chi connectivity index (χ2v) is 9.96. The molecule has 1 heterocycles. The molecule has 1 amide bonds. The Labute approximate surface area is 188 Å². The first-order valence-corrected chi connectivity index (χ1v) is 12.0. The number of aliphatic hydroxyl groups is 1. The fourth-order valence-electron chi connectivity index (χ4n) is 3.91. The largest absolute Gasteiger partial charge is 0.502 e. The average molecular weight is 448 g/mol. The highest BCUT2D eigenvalue weighted by Crippen LogP contribution is 2.44. The van der Waals surface area contributed by atoms with Crippen LogP contribution in [0, 0.1) is 13.8 Å².